The van der Waals surface area contributed by atoms with Crippen LogP contribution in [0.5, 0.6) is 11.8 Å². The zero-order chi connectivity index (χ0) is 17.1. The van der Waals surface area contributed by atoms with Gasteiger partial charge < -0.3 is 14.4 Å². The summed E-state index contributed by atoms with van der Waals surface area (Å²) in [5.41, 5.74) is 0.710. The molecule has 1 aliphatic rings. The van der Waals surface area contributed by atoms with Crippen LogP contribution in [0.1, 0.15) is 11.4 Å². The number of nitro groups is 1. The van der Waals surface area contributed by atoms with E-state index in [-0.39, 0.29) is 11.7 Å². The topological polar surface area (TPSA) is 104 Å². The van der Waals surface area contributed by atoms with Crippen molar-refractivity contribution in [2.24, 2.45) is 0 Å². The summed E-state index contributed by atoms with van der Waals surface area (Å²) in [6.07, 6.45) is 0. The van der Waals surface area contributed by atoms with E-state index in [1.807, 2.05) is 4.90 Å². The third-order valence-electron chi connectivity index (χ3n) is 3.59. The van der Waals surface area contributed by atoms with Gasteiger partial charge in [-0.1, -0.05) is 0 Å². The molecule has 0 spiro atoms. The van der Waals surface area contributed by atoms with E-state index in [1.54, 1.807) is 19.9 Å². The summed E-state index contributed by atoms with van der Waals surface area (Å²) in [4.78, 5) is 25.3. The van der Waals surface area contributed by atoms with E-state index in [2.05, 4.69) is 15.0 Å². The van der Waals surface area contributed by atoms with Gasteiger partial charge in [-0.15, -0.1) is 0 Å². The van der Waals surface area contributed by atoms with Crippen LogP contribution in [0.15, 0.2) is 18.2 Å². The molecular weight excluding hydrogens is 314 g/mol. The Morgan fingerprint density at radius 3 is 2.67 bits per heavy atom. The second-order valence-electron chi connectivity index (χ2n) is 5.37. The summed E-state index contributed by atoms with van der Waals surface area (Å²) in [5, 5.41) is 10.9. The summed E-state index contributed by atoms with van der Waals surface area (Å²) in [6, 6.07) is 4.54. The van der Waals surface area contributed by atoms with Gasteiger partial charge in [0.2, 0.25) is 5.95 Å². The van der Waals surface area contributed by atoms with Crippen molar-refractivity contribution in [3.05, 3.63) is 39.7 Å². The third kappa shape index (κ3) is 3.57. The first kappa shape index (κ1) is 16.1. The maximum Gasteiger partial charge on any atom is 0.327 e. The number of non-ortho nitro benzene ring substituents is 1. The van der Waals surface area contributed by atoms with Crippen LogP contribution in [-0.2, 0) is 4.74 Å². The lowest BCUT2D eigenvalue weighted by atomic mass is 10.2. The molecule has 2 aromatic rings. The lowest BCUT2D eigenvalue weighted by Crippen LogP contribution is -2.37. The molecule has 0 atom stereocenters. The second-order valence-corrected chi connectivity index (χ2v) is 5.37. The van der Waals surface area contributed by atoms with E-state index in [0.717, 1.165) is 5.56 Å². The molecule has 1 saturated heterocycles. The van der Waals surface area contributed by atoms with Crippen molar-refractivity contribution < 1.29 is 14.4 Å². The summed E-state index contributed by atoms with van der Waals surface area (Å²) in [5.74, 6) is 1.39. The Kier molecular flexibility index (Phi) is 4.52. The molecule has 1 aromatic carbocycles. The summed E-state index contributed by atoms with van der Waals surface area (Å²) < 4.78 is 11.0. The minimum atomic E-state index is -0.468. The molecule has 9 nitrogen and oxygen atoms in total. The van der Waals surface area contributed by atoms with E-state index in [9.17, 15) is 10.1 Å². The highest BCUT2D eigenvalue weighted by Gasteiger charge is 2.17. The van der Waals surface area contributed by atoms with E-state index in [4.69, 9.17) is 9.47 Å². The normalized spacial score (nSPS) is 14.5. The lowest BCUT2D eigenvalue weighted by molar-refractivity contribution is -0.384. The zero-order valence-electron chi connectivity index (χ0n) is 13.4. The van der Waals surface area contributed by atoms with Gasteiger partial charge in [-0.3, -0.25) is 10.1 Å². The Bertz CT molecular complexity index is 762. The fourth-order valence-electron chi connectivity index (χ4n) is 2.30. The van der Waals surface area contributed by atoms with Crippen molar-refractivity contribution in [2.75, 3.05) is 31.2 Å². The molecule has 0 aliphatic carbocycles. The van der Waals surface area contributed by atoms with Gasteiger partial charge in [-0.2, -0.15) is 15.0 Å². The number of nitro benzene ring substituents is 1. The maximum absolute atomic E-state index is 10.9. The Morgan fingerprint density at radius 1 is 1.21 bits per heavy atom. The van der Waals surface area contributed by atoms with Crippen LogP contribution < -0.4 is 9.64 Å². The molecule has 2 heterocycles. The first-order chi connectivity index (χ1) is 11.5. The number of rotatable bonds is 4. The molecule has 0 bridgehead atoms. The van der Waals surface area contributed by atoms with Gasteiger partial charge in [0.25, 0.3) is 5.69 Å². The van der Waals surface area contributed by atoms with Crippen LogP contribution in [0, 0.1) is 24.0 Å². The minimum absolute atomic E-state index is 0.0465. The first-order valence-electron chi connectivity index (χ1n) is 7.51. The predicted octanol–water partition coefficient (Wildman–Crippen LogP) is 2.03. The van der Waals surface area contributed by atoms with Gasteiger partial charge in [-0.25, -0.2) is 0 Å². The Balaban J connectivity index is 1.88. The predicted molar refractivity (Wildman–Crippen MR) is 85.5 cm³/mol. The highest BCUT2D eigenvalue weighted by Crippen LogP contribution is 2.28. The van der Waals surface area contributed by atoms with Gasteiger partial charge in [-0.05, 0) is 25.5 Å². The minimum Gasteiger partial charge on any atom is -0.424 e. The molecule has 0 unspecified atom stereocenters. The Hall–Kier alpha value is -2.81. The van der Waals surface area contributed by atoms with Gasteiger partial charge in [0.05, 0.1) is 24.2 Å². The van der Waals surface area contributed by atoms with Crippen LogP contribution in [0.3, 0.4) is 0 Å². The molecule has 0 N–H and O–H groups in total. The van der Waals surface area contributed by atoms with Crippen molar-refractivity contribution in [1.29, 1.82) is 0 Å². The first-order valence-corrected chi connectivity index (χ1v) is 7.51. The standard InChI is InChI=1S/C15H17N5O4/c1-10-3-4-12(20(21)22)9-13(10)24-15-17-11(2)16-14(18-15)19-5-7-23-8-6-19/h3-4,9H,5-8H2,1-2H3. The SMILES string of the molecule is Cc1nc(Oc2cc([N+](=O)[O-])ccc2C)nc(N2CCOCC2)n1. The fraction of sp³-hybridized carbons (Fsp3) is 0.400. The molecule has 1 aromatic heterocycles. The van der Waals surface area contributed by atoms with Gasteiger partial charge >= 0.3 is 6.01 Å². The fourth-order valence-corrected chi connectivity index (χ4v) is 2.30. The van der Waals surface area contributed by atoms with Gasteiger partial charge in [0.1, 0.15) is 11.6 Å². The molecule has 1 aliphatic heterocycles. The Morgan fingerprint density at radius 2 is 1.96 bits per heavy atom. The second kappa shape index (κ2) is 6.75. The van der Waals surface area contributed by atoms with Crippen molar-refractivity contribution in [1.82, 2.24) is 15.0 Å². The molecule has 0 radical (unpaired) electrons. The zero-order valence-corrected chi connectivity index (χ0v) is 13.4. The molecule has 0 amide bonds. The molecule has 24 heavy (non-hydrogen) atoms. The highest BCUT2D eigenvalue weighted by molar-refractivity contribution is 5.45. The summed E-state index contributed by atoms with van der Waals surface area (Å²) in [6.45, 7) is 6.17. The molecule has 0 saturated carbocycles. The van der Waals surface area contributed by atoms with Crippen molar-refractivity contribution >= 4 is 11.6 Å². The largest absolute Gasteiger partial charge is 0.424 e. The van der Waals surface area contributed by atoms with Crippen LogP contribution >= 0.6 is 0 Å². The lowest BCUT2D eigenvalue weighted by Gasteiger charge is -2.26. The number of benzene rings is 1. The summed E-state index contributed by atoms with van der Waals surface area (Å²) >= 11 is 0. The maximum atomic E-state index is 10.9. The number of morpholine rings is 1. The number of anilines is 1. The van der Waals surface area contributed by atoms with Crippen LogP contribution in [0.25, 0.3) is 0 Å². The monoisotopic (exact) mass is 331 g/mol. The highest BCUT2D eigenvalue weighted by atomic mass is 16.6. The van der Waals surface area contributed by atoms with E-state index in [0.29, 0.717) is 43.8 Å². The number of aromatic nitrogens is 3. The average Bonchev–Trinajstić information content (AvgIpc) is 2.57. The number of hydrogen-bond acceptors (Lipinski definition) is 8. The number of ether oxygens (including phenoxy) is 2. The average molecular weight is 331 g/mol. The molecule has 126 valence electrons. The molecule has 9 heteroatoms. The molecule has 3 rings (SSSR count). The van der Waals surface area contributed by atoms with Crippen molar-refractivity contribution in [3.63, 3.8) is 0 Å². The molecular formula is C15H17N5O4. The van der Waals surface area contributed by atoms with Crippen molar-refractivity contribution in [2.45, 2.75) is 13.8 Å². The van der Waals surface area contributed by atoms with Crippen molar-refractivity contribution in [3.8, 4) is 11.8 Å². The van der Waals surface area contributed by atoms with Gasteiger partial charge in [0, 0.05) is 19.2 Å². The molecule has 1 fully saturated rings. The number of aryl methyl sites for hydroxylation is 2. The third-order valence-corrected chi connectivity index (χ3v) is 3.59. The van der Waals surface area contributed by atoms with Crippen LogP contribution in [0.2, 0.25) is 0 Å². The quantitative estimate of drug-likeness (QED) is 0.619. The Labute approximate surface area is 138 Å². The van der Waals surface area contributed by atoms with Crippen LogP contribution in [-0.4, -0.2) is 46.2 Å². The van der Waals surface area contributed by atoms with E-state index >= 15 is 0 Å². The summed E-state index contributed by atoms with van der Waals surface area (Å²) in [7, 11) is 0. The van der Waals surface area contributed by atoms with E-state index in [1.165, 1.54) is 12.1 Å². The number of nitrogens with zero attached hydrogens (tertiary/aromatic N) is 5. The number of hydrogen-bond donors (Lipinski definition) is 0. The van der Waals surface area contributed by atoms with E-state index < -0.39 is 4.92 Å². The smallest absolute Gasteiger partial charge is 0.327 e. The van der Waals surface area contributed by atoms with Crippen LogP contribution in [0.4, 0.5) is 11.6 Å². The van der Waals surface area contributed by atoms with Gasteiger partial charge in [0.15, 0.2) is 0 Å².